The molecule has 0 aliphatic carbocycles. The first-order chi connectivity index (χ1) is 8.36. The van der Waals surface area contributed by atoms with Crippen LogP contribution in [0.15, 0.2) is 48.8 Å². The van der Waals surface area contributed by atoms with Gasteiger partial charge in [-0.25, -0.2) is 4.68 Å². The van der Waals surface area contributed by atoms with Crippen molar-refractivity contribution in [1.29, 1.82) is 0 Å². The summed E-state index contributed by atoms with van der Waals surface area (Å²) in [4.78, 5) is 4.31. The molecular weight excluding hydrogens is 210 g/mol. The maximum absolute atomic E-state index is 4.50. The topological polar surface area (TPSA) is 30.7 Å². The van der Waals surface area contributed by atoms with E-state index in [0.29, 0.717) is 0 Å². The smallest absolute Gasteiger partial charge is 0.0703 e. The molecular formula is C14H13N3. The van der Waals surface area contributed by atoms with Crippen LogP contribution in [0.4, 0.5) is 0 Å². The normalized spacial score (nSPS) is 10.9. The number of benzene rings is 1. The number of fused-ring (bicyclic) bond motifs is 1. The number of hydrogen-bond acceptors (Lipinski definition) is 2. The number of nitrogens with zero attached hydrogens (tertiary/aromatic N) is 3. The first-order valence-corrected chi connectivity index (χ1v) is 5.76. The highest BCUT2D eigenvalue weighted by Gasteiger charge is 2.01. The van der Waals surface area contributed by atoms with Crippen LogP contribution in [0.25, 0.3) is 16.6 Å². The Labute approximate surface area is 99.7 Å². The summed E-state index contributed by atoms with van der Waals surface area (Å²) in [5, 5.41) is 5.64. The van der Waals surface area contributed by atoms with E-state index in [0.717, 1.165) is 28.7 Å². The summed E-state index contributed by atoms with van der Waals surface area (Å²) in [5.41, 5.74) is 3.20. The van der Waals surface area contributed by atoms with Gasteiger partial charge >= 0.3 is 0 Å². The Morgan fingerprint density at radius 1 is 1.18 bits per heavy atom. The van der Waals surface area contributed by atoms with E-state index >= 15 is 0 Å². The Bertz CT molecular complexity index is 655. The van der Waals surface area contributed by atoms with Crippen molar-refractivity contribution in [3.8, 4) is 5.69 Å². The third-order valence-electron chi connectivity index (χ3n) is 2.86. The van der Waals surface area contributed by atoms with Gasteiger partial charge in [-0.05, 0) is 36.8 Å². The number of aryl methyl sites for hydroxylation is 1. The lowest BCUT2D eigenvalue weighted by atomic mass is 10.2. The molecule has 2 heterocycles. The quantitative estimate of drug-likeness (QED) is 0.668. The van der Waals surface area contributed by atoms with Gasteiger partial charge in [0.15, 0.2) is 0 Å². The van der Waals surface area contributed by atoms with Crippen molar-refractivity contribution in [2.45, 2.75) is 13.3 Å². The van der Waals surface area contributed by atoms with Crippen LogP contribution < -0.4 is 0 Å². The molecule has 0 saturated heterocycles. The highest BCUT2D eigenvalue weighted by atomic mass is 15.3. The minimum Gasteiger partial charge on any atom is -0.256 e. The van der Waals surface area contributed by atoms with Gasteiger partial charge in [0.1, 0.15) is 0 Å². The Kier molecular flexibility index (Phi) is 2.37. The molecule has 3 aromatic rings. The van der Waals surface area contributed by atoms with Gasteiger partial charge in [0.05, 0.1) is 16.9 Å². The van der Waals surface area contributed by atoms with E-state index in [1.165, 1.54) is 0 Å². The number of pyridine rings is 1. The maximum Gasteiger partial charge on any atom is 0.0703 e. The van der Waals surface area contributed by atoms with Crippen LogP contribution in [0.3, 0.4) is 0 Å². The molecule has 0 N–H and O–H groups in total. The molecule has 0 atom stereocenters. The second kappa shape index (κ2) is 4.01. The maximum atomic E-state index is 4.50. The van der Waals surface area contributed by atoms with E-state index < -0.39 is 0 Å². The molecule has 0 saturated carbocycles. The molecule has 0 radical (unpaired) electrons. The predicted octanol–water partition coefficient (Wildman–Crippen LogP) is 2.98. The Morgan fingerprint density at radius 2 is 2.12 bits per heavy atom. The van der Waals surface area contributed by atoms with Crippen LogP contribution in [0, 0.1) is 0 Å². The van der Waals surface area contributed by atoms with Gasteiger partial charge in [0, 0.05) is 17.8 Å². The molecule has 0 amide bonds. The van der Waals surface area contributed by atoms with Gasteiger partial charge < -0.3 is 0 Å². The van der Waals surface area contributed by atoms with Crippen LogP contribution in [-0.4, -0.2) is 14.8 Å². The van der Waals surface area contributed by atoms with E-state index in [9.17, 15) is 0 Å². The first-order valence-electron chi connectivity index (χ1n) is 5.76. The summed E-state index contributed by atoms with van der Waals surface area (Å²) in [6.45, 7) is 2.11. The van der Waals surface area contributed by atoms with E-state index in [4.69, 9.17) is 0 Å². The minimum absolute atomic E-state index is 0.960. The number of aromatic nitrogens is 3. The Balaban J connectivity index is 2.11. The van der Waals surface area contributed by atoms with Gasteiger partial charge in [-0.3, -0.25) is 4.98 Å². The largest absolute Gasteiger partial charge is 0.256 e. The zero-order valence-corrected chi connectivity index (χ0v) is 9.67. The van der Waals surface area contributed by atoms with Gasteiger partial charge in [-0.1, -0.05) is 13.0 Å². The molecule has 1 aromatic carbocycles. The van der Waals surface area contributed by atoms with Crippen LogP contribution in [0.2, 0.25) is 0 Å². The summed E-state index contributed by atoms with van der Waals surface area (Å²) < 4.78 is 1.91. The van der Waals surface area contributed by atoms with Gasteiger partial charge in [-0.2, -0.15) is 5.10 Å². The minimum atomic E-state index is 0.960. The predicted molar refractivity (Wildman–Crippen MR) is 68.2 cm³/mol. The average molecular weight is 223 g/mol. The lowest BCUT2D eigenvalue weighted by molar-refractivity contribution is 0.842. The monoisotopic (exact) mass is 223 g/mol. The molecule has 3 heteroatoms. The first kappa shape index (κ1) is 10.0. The highest BCUT2D eigenvalue weighted by Crippen LogP contribution is 2.16. The van der Waals surface area contributed by atoms with Crippen molar-refractivity contribution in [1.82, 2.24) is 14.8 Å². The van der Waals surface area contributed by atoms with Crippen LogP contribution in [0.5, 0.6) is 0 Å². The van der Waals surface area contributed by atoms with Gasteiger partial charge in [0.25, 0.3) is 0 Å². The molecule has 84 valence electrons. The zero-order valence-electron chi connectivity index (χ0n) is 9.67. The molecule has 0 aliphatic heterocycles. The zero-order chi connectivity index (χ0) is 11.7. The van der Waals surface area contributed by atoms with Crippen LogP contribution >= 0.6 is 0 Å². The van der Waals surface area contributed by atoms with E-state index in [2.05, 4.69) is 29.1 Å². The second-order valence-electron chi connectivity index (χ2n) is 3.99. The number of rotatable bonds is 2. The van der Waals surface area contributed by atoms with Crippen molar-refractivity contribution < 1.29 is 0 Å². The molecule has 0 bridgehead atoms. The van der Waals surface area contributed by atoms with Crippen LogP contribution in [0.1, 0.15) is 12.6 Å². The van der Waals surface area contributed by atoms with E-state index in [-0.39, 0.29) is 0 Å². The average Bonchev–Trinajstić information content (AvgIpc) is 2.87. The Morgan fingerprint density at radius 3 is 2.94 bits per heavy atom. The molecule has 0 unspecified atom stereocenters. The van der Waals surface area contributed by atoms with Crippen molar-refractivity contribution in [3.05, 3.63) is 54.5 Å². The van der Waals surface area contributed by atoms with Crippen molar-refractivity contribution in [2.24, 2.45) is 0 Å². The third-order valence-corrected chi connectivity index (χ3v) is 2.86. The Hall–Kier alpha value is -2.16. The SMILES string of the molecule is CCc1ccn(-c2ccc3ncccc3c2)n1. The van der Waals surface area contributed by atoms with Crippen molar-refractivity contribution in [3.63, 3.8) is 0 Å². The molecule has 2 aromatic heterocycles. The van der Waals surface area contributed by atoms with Crippen molar-refractivity contribution in [2.75, 3.05) is 0 Å². The fourth-order valence-electron chi connectivity index (χ4n) is 1.90. The fourth-order valence-corrected chi connectivity index (χ4v) is 1.90. The fraction of sp³-hybridized carbons (Fsp3) is 0.143. The third kappa shape index (κ3) is 1.80. The summed E-state index contributed by atoms with van der Waals surface area (Å²) in [6.07, 6.45) is 4.77. The van der Waals surface area contributed by atoms with Gasteiger partial charge in [-0.15, -0.1) is 0 Å². The summed E-state index contributed by atoms with van der Waals surface area (Å²) >= 11 is 0. The lowest BCUT2D eigenvalue weighted by Crippen LogP contribution is -1.95. The summed E-state index contributed by atoms with van der Waals surface area (Å²) in [6, 6.07) is 12.2. The standard InChI is InChI=1S/C14H13N3/c1-2-12-7-9-17(16-12)13-5-6-14-11(10-13)4-3-8-15-14/h3-10H,2H2,1H3. The van der Waals surface area contributed by atoms with Crippen molar-refractivity contribution >= 4 is 10.9 Å². The molecule has 3 rings (SSSR count). The lowest BCUT2D eigenvalue weighted by Gasteiger charge is -2.03. The second-order valence-corrected chi connectivity index (χ2v) is 3.99. The van der Waals surface area contributed by atoms with Crippen LogP contribution in [-0.2, 0) is 6.42 Å². The molecule has 0 aliphatic rings. The molecule has 0 fully saturated rings. The van der Waals surface area contributed by atoms with E-state index in [1.54, 1.807) is 0 Å². The molecule has 0 spiro atoms. The highest BCUT2D eigenvalue weighted by molar-refractivity contribution is 5.80. The van der Waals surface area contributed by atoms with Gasteiger partial charge in [0.2, 0.25) is 0 Å². The summed E-state index contributed by atoms with van der Waals surface area (Å²) in [7, 11) is 0. The number of hydrogen-bond donors (Lipinski definition) is 0. The summed E-state index contributed by atoms with van der Waals surface area (Å²) in [5.74, 6) is 0. The molecule has 17 heavy (non-hydrogen) atoms. The molecule has 3 nitrogen and oxygen atoms in total. The van der Waals surface area contributed by atoms with E-state index in [1.807, 2.05) is 41.3 Å².